The van der Waals surface area contributed by atoms with Gasteiger partial charge in [-0.3, -0.25) is 4.79 Å². The third kappa shape index (κ3) is 4.77. The summed E-state index contributed by atoms with van der Waals surface area (Å²) in [5.41, 5.74) is 1.14. The molecule has 2 atom stereocenters. The summed E-state index contributed by atoms with van der Waals surface area (Å²) in [5, 5.41) is 2.85. The Morgan fingerprint density at radius 3 is 2.32 bits per heavy atom. The van der Waals surface area contributed by atoms with Crippen molar-refractivity contribution >= 4 is 33.4 Å². The van der Waals surface area contributed by atoms with E-state index < -0.39 is 10.0 Å². The van der Waals surface area contributed by atoms with Crippen LogP contribution in [0.15, 0.2) is 58.3 Å². The first kappa shape index (κ1) is 20.9. The third-order valence-electron chi connectivity index (χ3n) is 4.92. The minimum Gasteiger partial charge on any atom is -0.322 e. The van der Waals surface area contributed by atoms with Gasteiger partial charge in [0.05, 0.1) is 4.90 Å². The zero-order chi connectivity index (χ0) is 20.3. The number of rotatable bonds is 5. The summed E-state index contributed by atoms with van der Waals surface area (Å²) in [4.78, 5) is 13.8. The van der Waals surface area contributed by atoms with Gasteiger partial charge in [0, 0.05) is 29.2 Å². The number of anilines is 1. The molecule has 28 heavy (non-hydrogen) atoms. The van der Waals surface area contributed by atoms with Gasteiger partial charge in [-0.2, -0.15) is 4.31 Å². The van der Waals surface area contributed by atoms with E-state index in [2.05, 4.69) is 19.2 Å². The Bertz CT molecular complexity index is 932. The van der Waals surface area contributed by atoms with Gasteiger partial charge in [0.1, 0.15) is 0 Å². The van der Waals surface area contributed by atoms with Gasteiger partial charge in [-0.15, -0.1) is 11.8 Å². The van der Waals surface area contributed by atoms with E-state index >= 15 is 0 Å². The fourth-order valence-corrected chi connectivity index (χ4v) is 5.77. The van der Waals surface area contributed by atoms with E-state index in [1.807, 2.05) is 30.5 Å². The molecular formula is C21H26N2O3S2. The van der Waals surface area contributed by atoms with Crippen molar-refractivity contribution in [3.8, 4) is 0 Å². The molecular weight excluding hydrogens is 392 g/mol. The predicted octanol–water partition coefficient (Wildman–Crippen LogP) is 4.33. The van der Waals surface area contributed by atoms with Gasteiger partial charge in [0.15, 0.2) is 0 Å². The fraction of sp³-hybridized carbons (Fsp3) is 0.381. The van der Waals surface area contributed by atoms with Crippen molar-refractivity contribution in [1.29, 1.82) is 0 Å². The summed E-state index contributed by atoms with van der Waals surface area (Å²) in [6.07, 6.45) is 3.02. The lowest BCUT2D eigenvalue weighted by Crippen LogP contribution is -2.42. The van der Waals surface area contributed by atoms with Crippen molar-refractivity contribution in [2.24, 2.45) is 11.8 Å². The molecule has 3 rings (SSSR count). The molecule has 0 bridgehead atoms. The van der Waals surface area contributed by atoms with E-state index in [-0.39, 0.29) is 10.8 Å². The number of carbonyl (C=O) groups is 1. The monoisotopic (exact) mass is 418 g/mol. The van der Waals surface area contributed by atoms with Crippen LogP contribution in [-0.4, -0.2) is 38.0 Å². The van der Waals surface area contributed by atoms with Gasteiger partial charge < -0.3 is 5.32 Å². The lowest BCUT2D eigenvalue weighted by atomic mass is 9.94. The van der Waals surface area contributed by atoms with E-state index in [4.69, 9.17) is 0 Å². The topological polar surface area (TPSA) is 66.5 Å². The molecule has 1 aliphatic heterocycles. The SMILES string of the molecule is CSc1cccc(NC(=O)c2ccc(S(=O)(=O)N3C[C@H](C)C[C@H](C)C3)cc2)c1. The number of piperidine rings is 1. The maximum absolute atomic E-state index is 12.9. The van der Waals surface area contributed by atoms with E-state index in [9.17, 15) is 13.2 Å². The van der Waals surface area contributed by atoms with Gasteiger partial charge in [-0.05, 0) is 67.0 Å². The van der Waals surface area contributed by atoms with Crippen molar-refractivity contribution in [3.63, 3.8) is 0 Å². The molecule has 0 spiro atoms. The maximum Gasteiger partial charge on any atom is 0.255 e. The smallest absolute Gasteiger partial charge is 0.255 e. The van der Waals surface area contributed by atoms with Gasteiger partial charge in [0.2, 0.25) is 10.0 Å². The van der Waals surface area contributed by atoms with E-state index in [0.717, 1.165) is 11.3 Å². The highest BCUT2D eigenvalue weighted by atomic mass is 32.2. The Hall–Kier alpha value is -1.83. The molecule has 0 unspecified atom stereocenters. The molecule has 1 fully saturated rings. The molecule has 1 amide bonds. The average molecular weight is 419 g/mol. The summed E-state index contributed by atoms with van der Waals surface area (Å²) in [7, 11) is -3.54. The largest absolute Gasteiger partial charge is 0.322 e. The van der Waals surface area contributed by atoms with Gasteiger partial charge >= 0.3 is 0 Å². The molecule has 5 nitrogen and oxygen atoms in total. The van der Waals surface area contributed by atoms with E-state index in [1.165, 1.54) is 12.1 Å². The van der Waals surface area contributed by atoms with E-state index in [0.29, 0.717) is 36.2 Å². The molecule has 2 aromatic carbocycles. The fourth-order valence-electron chi connectivity index (χ4n) is 3.63. The van der Waals surface area contributed by atoms with Crippen LogP contribution >= 0.6 is 11.8 Å². The van der Waals surface area contributed by atoms with Crippen LogP contribution < -0.4 is 5.32 Å². The Labute approximate surface area is 171 Å². The number of carbonyl (C=O) groups excluding carboxylic acids is 1. The summed E-state index contributed by atoms with van der Waals surface area (Å²) >= 11 is 1.60. The Balaban J connectivity index is 1.74. The van der Waals surface area contributed by atoms with Gasteiger partial charge in [0.25, 0.3) is 5.91 Å². The summed E-state index contributed by atoms with van der Waals surface area (Å²) in [5.74, 6) is 0.434. The molecule has 1 heterocycles. The molecule has 0 aromatic heterocycles. The van der Waals surface area contributed by atoms with Crippen molar-refractivity contribution < 1.29 is 13.2 Å². The highest BCUT2D eigenvalue weighted by molar-refractivity contribution is 7.98. The number of hydrogen-bond donors (Lipinski definition) is 1. The number of nitrogens with one attached hydrogen (secondary N) is 1. The van der Waals surface area contributed by atoms with Gasteiger partial charge in [-0.25, -0.2) is 8.42 Å². The summed E-state index contributed by atoms with van der Waals surface area (Å²) in [6.45, 7) is 5.25. The van der Waals surface area contributed by atoms with Crippen LogP contribution in [-0.2, 0) is 10.0 Å². The number of thioether (sulfide) groups is 1. The van der Waals surface area contributed by atoms with Crippen molar-refractivity contribution in [2.45, 2.75) is 30.1 Å². The second kappa shape index (κ2) is 8.68. The molecule has 0 saturated carbocycles. The molecule has 1 saturated heterocycles. The second-order valence-corrected chi connectivity index (χ2v) is 10.3. The zero-order valence-electron chi connectivity index (χ0n) is 16.4. The third-order valence-corrected chi connectivity index (χ3v) is 7.49. The van der Waals surface area contributed by atoms with Crippen molar-refractivity contribution in [3.05, 3.63) is 54.1 Å². The normalized spacial score (nSPS) is 20.7. The number of sulfonamides is 1. The van der Waals surface area contributed by atoms with E-state index in [1.54, 1.807) is 28.2 Å². The first-order chi connectivity index (χ1) is 13.3. The zero-order valence-corrected chi connectivity index (χ0v) is 18.0. The number of hydrogen-bond acceptors (Lipinski definition) is 4. The van der Waals surface area contributed by atoms with Crippen LogP contribution in [0.25, 0.3) is 0 Å². The Morgan fingerprint density at radius 2 is 1.71 bits per heavy atom. The number of amides is 1. The quantitative estimate of drug-likeness (QED) is 0.734. The first-order valence-electron chi connectivity index (χ1n) is 9.35. The Kier molecular flexibility index (Phi) is 6.47. The highest BCUT2D eigenvalue weighted by Crippen LogP contribution is 2.27. The molecule has 2 aromatic rings. The second-order valence-electron chi connectivity index (χ2n) is 7.48. The predicted molar refractivity (Wildman–Crippen MR) is 114 cm³/mol. The molecule has 0 aliphatic carbocycles. The average Bonchev–Trinajstić information content (AvgIpc) is 2.67. The van der Waals surface area contributed by atoms with Crippen LogP contribution in [0.4, 0.5) is 5.69 Å². The maximum atomic E-state index is 12.9. The molecule has 150 valence electrons. The van der Waals surface area contributed by atoms with Crippen LogP contribution in [0.2, 0.25) is 0 Å². The molecule has 0 radical (unpaired) electrons. The van der Waals surface area contributed by atoms with Crippen LogP contribution in [0.3, 0.4) is 0 Å². The van der Waals surface area contributed by atoms with Crippen molar-refractivity contribution in [1.82, 2.24) is 4.31 Å². The molecule has 7 heteroatoms. The van der Waals surface area contributed by atoms with Crippen LogP contribution in [0.5, 0.6) is 0 Å². The minimum absolute atomic E-state index is 0.231. The minimum atomic E-state index is -3.54. The summed E-state index contributed by atoms with van der Waals surface area (Å²) in [6, 6.07) is 13.8. The number of benzene rings is 2. The lowest BCUT2D eigenvalue weighted by Gasteiger charge is -2.34. The van der Waals surface area contributed by atoms with Crippen molar-refractivity contribution in [2.75, 3.05) is 24.7 Å². The Morgan fingerprint density at radius 1 is 1.07 bits per heavy atom. The van der Waals surface area contributed by atoms with Crippen LogP contribution in [0.1, 0.15) is 30.6 Å². The molecule has 1 N–H and O–H groups in total. The standard InChI is InChI=1S/C21H26N2O3S2/c1-15-11-16(2)14-23(13-15)28(25,26)20-9-7-17(8-10-20)21(24)22-18-5-4-6-19(12-18)27-3/h4-10,12,15-16H,11,13-14H2,1-3H3,(H,22,24)/t15-,16+. The summed E-state index contributed by atoms with van der Waals surface area (Å²) < 4.78 is 27.5. The van der Waals surface area contributed by atoms with Crippen LogP contribution in [0, 0.1) is 11.8 Å². The number of nitrogens with zero attached hydrogens (tertiary/aromatic N) is 1. The first-order valence-corrected chi connectivity index (χ1v) is 12.0. The lowest BCUT2D eigenvalue weighted by molar-refractivity contribution is 0.102. The highest BCUT2D eigenvalue weighted by Gasteiger charge is 2.31. The molecule has 1 aliphatic rings. The van der Waals surface area contributed by atoms with Gasteiger partial charge in [-0.1, -0.05) is 19.9 Å².